The number of phenols is 2. The lowest BCUT2D eigenvalue weighted by molar-refractivity contribution is -0.144. The van der Waals surface area contributed by atoms with Gasteiger partial charge in [-0.05, 0) is 89.3 Å². The molecule has 0 saturated heterocycles. The van der Waals surface area contributed by atoms with Crippen molar-refractivity contribution >= 4 is 28.7 Å². The molecule has 0 bridgehead atoms. The number of ether oxygens (including phenoxy) is 2. The van der Waals surface area contributed by atoms with Crippen LogP contribution in [0.25, 0.3) is 11.0 Å². The smallest absolute Gasteiger partial charge is 0.306 e. The molecule has 0 aliphatic carbocycles. The Bertz CT molecular complexity index is 1430. The highest BCUT2D eigenvalue weighted by Gasteiger charge is 2.15. The fourth-order valence-electron chi connectivity index (χ4n) is 4.02. The monoisotopic (exact) mass is 554 g/mol. The Kier molecular flexibility index (Phi) is 11.9. The van der Waals surface area contributed by atoms with E-state index in [1.165, 1.54) is 6.07 Å². The summed E-state index contributed by atoms with van der Waals surface area (Å²) in [7, 11) is 0. The lowest BCUT2D eigenvalue weighted by Crippen LogP contribution is -2.14. The fourth-order valence-corrected chi connectivity index (χ4v) is 4.02. The molecule has 2 N–H and O–H groups in total. The number of aryl methyl sites for hydroxylation is 4. The van der Waals surface area contributed by atoms with Gasteiger partial charge in [0.15, 0.2) is 11.2 Å². The van der Waals surface area contributed by atoms with Crippen molar-refractivity contribution in [3.05, 3.63) is 68.1 Å². The van der Waals surface area contributed by atoms with Crippen LogP contribution in [-0.4, -0.2) is 41.1 Å². The minimum Gasteiger partial charge on any atom is -0.508 e. The van der Waals surface area contributed by atoms with Gasteiger partial charge in [-0.3, -0.25) is 19.2 Å². The van der Waals surface area contributed by atoms with E-state index in [0.29, 0.717) is 53.9 Å². The second-order valence-electron chi connectivity index (χ2n) is 9.44. The van der Waals surface area contributed by atoms with Crippen LogP contribution in [0.2, 0.25) is 0 Å². The van der Waals surface area contributed by atoms with E-state index >= 15 is 0 Å². The van der Waals surface area contributed by atoms with Gasteiger partial charge in [-0.2, -0.15) is 0 Å². The number of aromatic hydroxyl groups is 2. The van der Waals surface area contributed by atoms with E-state index < -0.39 is 0 Å². The third-order valence-electron chi connectivity index (χ3n) is 6.39. The molecule has 1 aromatic heterocycles. The third kappa shape index (κ3) is 8.69. The van der Waals surface area contributed by atoms with E-state index in [9.17, 15) is 29.4 Å². The van der Waals surface area contributed by atoms with Crippen molar-refractivity contribution in [2.75, 3.05) is 13.2 Å². The first-order valence-electron chi connectivity index (χ1n) is 13.3. The molecule has 0 amide bonds. The lowest BCUT2D eigenvalue weighted by Gasteiger charge is -2.08. The van der Waals surface area contributed by atoms with Crippen LogP contribution in [-0.2, 0) is 25.5 Å². The van der Waals surface area contributed by atoms with Crippen molar-refractivity contribution in [2.24, 2.45) is 0 Å². The summed E-state index contributed by atoms with van der Waals surface area (Å²) in [6, 6.07) is 6.32. The summed E-state index contributed by atoms with van der Waals surface area (Å²) < 4.78 is 15.4. The van der Waals surface area contributed by atoms with Gasteiger partial charge in [0.05, 0.1) is 24.2 Å². The largest absolute Gasteiger partial charge is 0.508 e. The normalized spacial score (nSPS) is 10.6. The van der Waals surface area contributed by atoms with Gasteiger partial charge in [0.1, 0.15) is 22.8 Å². The van der Waals surface area contributed by atoms with Crippen molar-refractivity contribution in [3.8, 4) is 11.5 Å². The Balaban J connectivity index is 0.000000282. The Hall–Kier alpha value is -4.14. The topological polar surface area (TPSA) is 140 Å². The van der Waals surface area contributed by atoms with Gasteiger partial charge in [-0.25, -0.2) is 0 Å². The van der Waals surface area contributed by atoms with Crippen LogP contribution in [0.4, 0.5) is 0 Å². The molecule has 0 radical (unpaired) electrons. The molecule has 0 saturated carbocycles. The van der Waals surface area contributed by atoms with Gasteiger partial charge in [-0.15, -0.1) is 0 Å². The Morgan fingerprint density at radius 2 is 1.38 bits per heavy atom. The van der Waals surface area contributed by atoms with E-state index in [-0.39, 0.29) is 59.5 Å². The maximum Gasteiger partial charge on any atom is 0.306 e. The third-order valence-corrected chi connectivity index (χ3v) is 6.39. The average molecular weight is 555 g/mol. The molecule has 0 fully saturated rings. The first-order chi connectivity index (χ1) is 18.9. The Morgan fingerprint density at radius 3 is 2.00 bits per heavy atom. The molecule has 9 heteroatoms. The molecule has 0 spiro atoms. The van der Waals surface area contributed by atoms with Crippen LogP contribution in [0, 0.1) is 27.7 Å². The first kappa shape index (κ1) is 32.1. The van der Waals surface area contributed by atoms with E-state index in [4.69, 9.17) is 13.9 Å². The van der Waals surface area contributed by atoms with Gasteiger partial charge in [0.2, 0.25) is 0 Å². The molecule has 2 aromatic carbocycles. The highest BCUT2D eigenvalue weighted by atomic mass is 16.5. The SMILES string of the molecule is CCOC(=O)CCCC(=O)c1cc(C)c(O)cc1O.CCOC(=O)CCc1c(C)oc2cc(C)c(C)cc2c1=O. The number of fused-ring (bicyclic) bond motifs is 1. The van der Waals surface area contributed by atoms with Gasteiger partial charge in [-0.1, -0.05) is 0 Å². The molecule has 3 rings (SSSR count). The summed E-state index contributed by atoms with van der Waals surface area (Å²) in [6.45, 7) is 11.5. The molecular formula is C31H38O9. The van der Waals surface area contributed by atoms with Gasteiger partial charge >= 0.3 is 11.9 Å². The number of rotatable bonds is 10. The van der Waals surface area contributed by atoms with Crippen molar-refractivity contribution in [1.82, 2.24) is 0 Å². The molecule has 0 aliphatic heterocycles. The van der Waals surface area contributed by atoms with Gasteiger partial charge in [0.25, 0.3) is 0 Å². The van der Waals surface area contributed by atoms with Crippen LogP contribution < -0.4 is 5.43 Å². The predicted octanol–water partition coefficient (Wildman–Crippen LogP) is 5.54. The number of ketones is 1. The number of esters is 2. The summed E-state index contributed by atoms with van der Waals surface area (Å²) >= 11 is 0. The average Bonchev–Trinajstić information content (AvgIpc) is 2.88. The van der Waals surface area contributed by atoms with E-state index in [2.05, 4.69) is 0 Å². The molecule has 40 heavy (non-hydrogen) atoms. The van der Waals surface area contributed by atoms with Crippen LogP contribution in [0.1, 0.15) is 77.9 Å². The fraction of sp³-hybridized carbons (Fsp3) is 0.419. The standard InChI is InChI=1S/C17H20O4.C14H18O5/c1-5-20-16(18)7-6-13-12(4)21-15-9-11(3)10(2)8-14(15)17(13)19;1-3-19-14(18)6-4-5-11(15)10-7-9(2)12(16)8-13(10)17/h8-9H,5-7H2,1-4H3;7-8,16-17H,3-6H2,1-2H3. The maximum atomic E-state index is 12.6. The zero-order valence-corrected chi connectivity index (χ0v) is 24.0. The van der Waals surface area contributed by atoms with Gasteiger partial charge in [0, 0.05) is 30.9 Å². The van der Waals surface area contributed by atoms with E-state index in [1.54, 1.807) is 27.7 Å². The van der Waals surface area contributed by atoms with Crippen molar-refractivity contribution in [1.29, 1.82) is 0 Å². The number of carbonyl (C=O) groups excluding carboxylic acids is 3. The van der Waals surface area contributed by atoms with Crippen LogP contribution in [0.3, 0.4) is 0 Å². The Morgan fingerprint density at radius 1 is 0.775 bits per heavy atom. The molecule has 3 aromatic rings. The van der Waals surface area contributed by atoms with E-state index in [1.807, 2.05) is 26.0 Å². The zero-order valence-electron chi connectivity index (χ0n) is 24.0. The molecule has 9 nitrogen and oxygen atoms in total. The lowest BCUT2D eigenvalue weighted by atomic mass is 10.0. The second-order valence-corrected chi connectivity index (χ2v) is 9.44. The molecule has 0 aliphatic rings. The number of hydrogen-bond donors (Lipinski definition) is 2. The molecule has 0 unspecified atom stereocenters. The molecule has 1 heterocycles. The number of hydrogen-bond acceptors (Lipinski definition) is 9. The summed E-state index contributed by atoms with van der Waals surface area (Å²) in [5, 5.41) is 19.6. The highest BCUT2D eigenvalue weighted by Crippen LogP contribution is 2.28. The number of benzene rings is 2. The predicted molar refractivity (Wildman–Crippen MR) is 151 cm³/mol. The first-order valence-corrected chi connectivity index (χ1v) is 13.3. The van der Waals surface area contributed by atoms with Crippen molar-refractivity contribution < 1.29 is 38.5 Å². The molecule has 216 valence electrons. The molecular weight excluding hydrogens is 516 g/mol. The summed E-state index contributed by atoms with van der Waals surface area (Å²) in [6.07, 6.45) is 1.23. The van der Waals surface area contributed by atoms with Gasteiger partial charge < -0.3 is 24.1 Å². The van der Waals surface area contributed by atoms with Crippen molar-refractivity contribution in [3.63, 3.8) is 0 Å². The summed E-state index contributed by atoms with van der Waals surface area (Å²) in [5.41, 5.74) is 3.92. The molecule has 0 atom stereocenters. The minimum atomic E-state index is -0.332. The summed E-state index contributed by atoms with van der Waals surface area (Å²) in [5.74, 6) is -0.618. The second kappa shape index (κ2) is 14.9. The minimum absolute atomic E-state index is 0.0545. The summed E-state index contributed by atoms with van der Waals surface area (Å²) in [4.78, 5) is 47.0. The van der Waals surface area contributed by atoms with Crippen molar-refractivity contribution in [2.45, 2.75) is 73.6 Å². The maximum absolute atomic E-state index is 12.6. The van der Waals surface area contributed by atoms with Crippen LogP contribution in [0.15, 0.2) is 33.5 Å². The number of carbonyl (C=O) groups is 3. The number of phenolic OH excluding ortho intramolecular Hbond substituents is 2. The highest BCUT2D eigenvalue weighted by molar-refractivity contribution is 5.99. The zero-order chi connectivity index (χ0) is 30.0. The number of Topliss-reactive ketones (excluding diaryl/α,β-unsaturated/α-hetero) is 1. The van der Waals surface area contributed by atoms with Crippen LogP contribution in [0.5, 0.6) is 11.5 Å². The quantitative estimate of drug-likeness (QED) is 0.244. The van der Waals surface area contributed by atoms with E-state index in [0.717, 1.165) is 17.2 Å². The van der Waals surface area contributed by atoms with Crippen LogP contribution >= 0.6 is 0 Å². The Labute approximate surface area is 233 Å².